The van der Waals surface area contributed by atoms with Crippen LogP contribution in [0.3, 0.4) is 0 Å². The quantitative estimate of drug-likeness (QED) is 0.510. The van der Waals surface area contributed by atoms with Crippen molar-refractivity contribution in [3.05, 3.63) is 12.4 Å². The molecule has 2 atom stereocenters. The van der Waals surface area contributed by atoms with E-state index in [4.69, 9.17) is 4.55 Å². The molecule has 8 nitrogen and oxygen atoms in total. The molecule has 0 spiro atoms. The molecule has 0 aliphatic carbocycles. The summed E-state index contributed by atoms with van der Waals surface area (Å²) in [5, 5.41) is 7.47. The van der Waals surface area contributed by atoms with Gasteiger partial charge in [0, 0.05) is 0 Å². The monoisotopic (exact) mass is 232 g/mol. The van der Waals surface area contributed by atoms with E-state index in [0.717, 1.165) is 4.80 Å². The number of carbonyl (C=O) groups excluding carboxylic acids is 1. The highest BCUT2D eigenvalue weighted by Gasteiger charge is 2.52. The molecule has 1 fully saturated rings. The molecule has 0 aromatic carbocycles. The molecule has 1 N–H and O–H groups in total. The van der Waals surface area contributed by atoms with E-state index in [9.17, 15) is 13.2 Å². The lowest BCUT2D eigenvalue weighted by Gasteiger charge is -2.40. The van der Waals surface area contributed by atoms with Gasteiger partial charge < -0.3 is 0 Å². The number of amides is 1. The molecule has 1 aromatic rings. The molecule has 0 saturated carbocycles. The van der Waals surface area contributed by atoms with Crippen LogP contribution in [0.5, 0.6) is 0 Å². The van der Waals surface area contributed by atoms with Gasteiger partial charge in [0.1, 0.15) is 0 Å². The number of hydrogen-bond acceptors (Lipinski definition) is 5. The van der Waals surface area contributed by atoms with Crippen molar-refractivity contribution in [1.29, 1.82) is 0 Å². The minimum atomic E-state index is -4.47. The lowest BCUT2D eigenvalue weighted by Crippen LogP contribution is -2.62. The second kappa shape index (κ2) is 3.00. The van der Waals surface area contributed by atoms with Crippen LogP contribution in [0.1, 0.15) is 13.0 Å². The fourth-order valence-corrected chi connectivity index (χ4v) is 2.44. The number of aromatic nitrogens is 3. The predicted molar refractivity (Wildman–Crippen MR) is 46.9 cm³/mol. The highest BCUT2D eigenvalue weighted by molar-refractivity contribution is 7.84. The molecular formula is C6H8N4O4S. The van der Waals surface area contributed by atoms with Crippen LogP contribution in [-0.2, 0) is 15.1 Å². The lowest BCUT2D eigenvalue weighted by atomic mass is 10.0. The standard InChI is InChI=1S/C6H8N4O4S/c1-4-5(10-7-2-3-8-10)6(11)9(4)15(12,13)14/h2-5H,1H3,(H,12,13,14). The van der Waals surface area contributed by atoms with Crippen LogP contribution >= 0.6 is 0 Å². The van der Waals surface area contributed by atoms with Gasteiger partial charge in [-0.05, 0) is 6.92 Å². The SMILES string of the molecule is CC1C(n2nccn2)C(=O)N1S(=O)(=O)O. The summed E-state index contributed by atoms with van der Waals surface area (Å²) >= 11 is 0. The highest BCUT2D eigenvalue weighted by atomic mass is 32.2. The Morgan fingerprint density at radius 2 is 1.93 bits per heavy atom. The lowest BCUT2D eigenvalue weighted by molar-refractivity contribution is -0.145. The molecule has 9 heteroatoms. The molecule has 2 rings (SSSR count). The van der Waals surface area contributed by atoms with Crippen molar-refractivity contribution >= 4 is 16.2 Å². The summed E-state index contributed by atoms with van der Waals surface area (Å²) in [6, 6.07) is -1.44. The van der Waals surface area contributed by atoms with Gasteiger partial charge in [-0.3, -0.25) is 9.35 Å². The maximum Gasteiger partial charge on any atom is 0.362 e. The summed E-state index contributed by atoms with van der Waals surface area (Å²) in [4.78, 5) is 12.5. The van der Waals surface area contributed by atoms with E-state index in [1.165, 1.54) is 19.3 Å². The molecule has 1 aromatic heterocycles. The second-order valence-corrected chi connectivity index (χ2v) is 4.44. The minimum absolute atomic E-state index is 0.404. The van der Waals surface area contributed by atoms with Gasteiger partial charge in [0.15, 0.2) is 6.04 Å². The van der Waals surface area contributed by atoms with Crippen molar-refractivity contribution in [3.8, 4) is 0 Å². The first-order valence-corrected chi connectivity index (χ1v) is 5.49. The summed E-state index contributed by atoms with van der Waals surface area (Å²) in [6.45, 7) is 1.49. The molecule has 2 unspecified atom stereocenters. The molecule has 1 saturated heterocycles. The predicted octanol–water partition coefficient (Wildman–Crippen LogP) is -1.15. The Labute approximate surface area is 85.4 Å². The summed E-state index contributed by atoms with van der Waals surface area (Å²) in [6.07, 6.45) is 2.77. The molecule has 15 heavy (non-hydrogen) atoms. The van der Waals surface area contributed by atoms with Gasteiger partial charge in [-0.25, -0.2) is 4.31 Å². The van der Waals surface area contributed by atoms with E-state index in [-0.39, 0.29) is 0 Å². The highest BCUT2D eigenvalue weighted by Crippen LogP contribution is 2.31. The van der Waals surface area contributed by atoms with Crippen molar-refractivity contribution in [3.63, 3.8) is 0 Å². The van der Waals surface area contributed by atoms with E-state index in [1.807, 2.05) is 0 Å². The molecule has 1 amide bonds. The van der Waals surface area contributed by atoms with E-state index >= 15 is 0 Å². The first-order chi connectivity index (χ1) is 6.93. The smallest absolute Gasteiger partial charge is 0.271 e. The van der Waals surface area contributed by atoms with Crippen molar-refractivity contribution in [2.24, 2.45) is 0 Å². The Kier molecular flexibility index (Phi) is 2.01. The van der Waals surface area contributed by atoms with E-state index < -0.39 is 28.3 Å². The van der Waals surface area contributed by atoms with Gasteiger partial charge in [-0.2, -0.15) is 23.4 Å². The van der Waals surface area contributed by atoms with Crippen molar-refractivity contribution in [2.45, 2.75) is 19.0 Å². The van der Waals surface area contributed by atoms with Crippen molar-refractivity contribution < 1.29 is 17.8 Å². The third-order valence-electron chi connectivity index (χ3n) is 2.23. The summed E-state index contributed by atoms with van der Waals surface area (Å²) < 4.78 is 30.6. The largest absolute Gasteiger partial charge is 0.362 e. The molecule has 82 valence electrons. The third-order valence-corrected chi connectivity index (χ3v) is 3.24. The Hall–Kier alpha value is -1.48. The van der Waals surface area contributed by atoms with Crippen LogP contribution < -0.4 is 0 Å². The van der Waals surface area contributed by atoms with Crippen molar-refractivity contribution in [1.82, 2.24) is 19.3 Å². The van der Waals surface area contributed by atoms with Gasteiger partial charge in [0.2, 0.25) is 0 Å². The third kappa shape index (κ3) is 1.39. The topological polar surface area (TPSA) is 105 Å². The fourth-order valence-electron chi connectivity index (χ4n) is 1.57. The zero-order chi connectivity index (χ0) is 11.2. The molecule has 1 aliphatic heterocycles. The van der Waals surface area contributed by atoms with Gasteiger partial charge in [-0.1, -0.05) is 0 Å². The molecule has 1 aliphatic rings. The van der Waals surface area contributed by atoms with E-state index in [0.29, 0.717) is 4.31 Å². The summed E-state index contributed by atoms with van der Waals surface area (Å²) in [5.41, 5.74) is 0. The van der Waals surface area contributed by atoms with Gasteiger partial charge >= 0.3 is 10.3 Å². The van der Waals surface area contributed by atoms with Gasteiger partial charge in [0.25, 0.3) is 5.91 Å². The number of hydrogen-bond donors (Lipinski definition) is 1. The number of nitrogens with zero attached hydrogens (tertiary/aromatic N) is 4. The average Bonchev–Trinajstić information content (AvgIpc) is 2.54. The first kappa shape index (κ1) is 10.1. The van der Waals surface area contributed by atoms with Crippen LogP contribution in [0, 0.1) is 0 Å². The number of rotatable bonds is 2. The van der Waals surface area contributed by atoms with Crippen LogP contribution in [0.4, 0.5) is 0 Å². The zero-order valence-corrected chi connectivity index (χ0v) is 8.49. The molecule has 0 radical (unpaired) electrons. The zero-order valence-electron chi connectivity index (χ0n) is 7.68. The first-order valence-electron chi connectivity index (χ1n) is 4.09. The maximum atomic E-state index is 11.4. The van der Waals surface area contributed by atoms with Crippen molar-refractivity contribution in [2.75, 3.05) is 0 Å². The number of carbonyl (C=O) groups is 1. The Bertz CT molecular complexity index is 481. The van der Waals surface area contributed by atoms with Crippen LogP contribution in [0.2, 0.25) is 0 Å². The average molecular weight is 232 g/mol. The van der Waals surface area contributed by atoms with Gasteiger partial charge in [0.05, 0.1) is 18.4 Å². The second-order valence-electron chi connectivity index (χ2n) is 3.15. The Balaban J connectivity index is 2.27. The Morgan fingerprint density at radius 1 is 1.40 bits per heavy atom. The number of β-lactam (4-membered cyclic amide) rings is 1. The molecular weight excluding hydrogens is 224 g/mol. The van der Waals surface area contributed by atoms with E-state index in [2.05, 4.69) is 10.2 Å². The Morgan fingerprint density at radius 3 is 2.33 bits per heavy atom. The summed E-state index contributed by atoms with van der Waals surface area (Å²) in [5.74, 6) is -0.735. The van der Waals surface area contributed by atoms with Crippen LogP contribution in [0.15, 0.2) is 12.4 Å². The molecule has 0 bridgehead atoms. The van der Waals surface area contributed by atoms with E-state index in [1.54, 1.807) is 0 Å². The molecule has 2 heterocycles. The fraction of sp³-hybridized carbons (Fsp3) is 0.500. The van der Waals surface area contributed by atoms with Crippen LogP contribution in [0.25, 0.3) is 0 Å². The minimum Gasteiger partial charge on any atom is -0.271 e. The maximum absolute atomic E-state index is 11.4. The normalized spacial score (nSPS) is 26.5. The van der Waals surface area contributed by atoms with Crippen LogP contribution in [-0.4, -0.2) is 44.2 Å². The summed E-state index contributed by atoms with van der Waals surface area (Å²) in [7, 11) is -4.47. The van der Waals surface area contributed by atoms with Gasteiger partial charge in [-0.15, -0.1) is 0 Å².